The van der Waals surface area contributed by atoms with Crippen molar-refractivity contribution in [2.24, 2.45) is 0 Å². The number of rotatable bonds is 7. The van der Waals surface area contributed by atoms with Crippen LogP contribution in [0.1, 0.15) is 36.0 Å². The van der Waals surface area contributed by atoms with Crippen molar-refractivity contribution < 1.29 is 29.1 Å². The quantitative estimate of drug-likeness (QED) is 0.253. The van der Waals surface area contributed by atoms with Crippen LogP contribution in [0.15, 0.2) is 22.8 Å². The molecule has 1 aromatic heterocycles. The Morgan fingerprint density at radius 1 is 1.36 bits per heavy atom. The fourth-order valence-electron chi connectivity index (χ4n) is 1.87. The second-order valence-corrected chi connectivity index (χ2v) is 4.62. The van der Waals surface area contributed by atoms with E-state index in [1.807, 2.05) is 0 Å². The van der Waals surface area contributed by atoms with Crippen molar-refractivity contribution in [2.45, 2.75) is 25.7 Å². The topological polar surface area (TPSA) is 129 Å². The van der Waals surface area contributed by atoms with Gasteiger partial charge in [-0.15, -0.1) is 0 Å². The summed E-state index contributed by atoms with van der Waals surface area (Å²) in [5.74, 6) is -0.955. The molecule has 0 fully saturated rings. The van der Waals surface area contributed by atoms with Gasteiger partial charge < -0.3 is 9.94 Å². The Bertz CT molecular complexity index is 669. The molecule has 1 heterocycles. The van der Waals surface area contributed by atoms with Crippen molar-refractivity contribution in [3.8, 4) is 0 Å². The standard InChI is InChI=1S/C13H15N3O6/c17-12(14-19)4-2-1-3-7-21-13(18)9-5-6-11-10(8-9)15-22-16(11)20/h5-6,8,19H,1-4,7H2,(H,14,17). The zero-order valence-electron chi connectivity index (χ0n) is 11.7. The molecule has 9 heteroatoms. The van der Waals surface area contributed by atoms with E-state index in [0.29, 0.717) is 19.3 Å². The van der Waals surface area contributed by atoms with Crippen LogP contribution in [0.3, 0.4) is 0 Å². The summed E-state index contributed by atoms with van der Waals surface area (Å²) in [5, 5.41) is 23.0. The van der Waals surface area contributed by atoms with E-state index in [0.717, 1.165) is 0 Å². The van der Waals surface area contributed by atoms with Gasteiger partial charge in [0.1, 0.15) is 0 Å². The number of hydrogen-bond acceptors (Lipinski definition) is 7. The van der Waals surface area contributed by atoms with Crippen molar-refractivity contribution in [3.63, 3.8) is 0 Å². The molecule has 0 radical (unpaired) electrons. The van der Waals surface area contributed by atoms with E-state index in [1.54, 1.807) is 5.48 Å². The minimum atomic E-state index is -0.518. The molecule has 22 heavy (non-hydrogen) atoms. The number of carbonyl (C=O) groups is 2. The van der Waals surface area contributed by atoms with E-state index in [4.69, 9.17) is 9.94 Å². The van der Waals surface area contributed by atoms with E-state index in [1.165, 1.54) is 18.2 Å². The predicted molar refractivity (Wildman–Crippen MR) is 71.6 cm³/mol. The summed E-state index contributed by atoms with van der Waals surface area (Å²) in [5.41, 5.74) is 2.34. The molecule has 0 saturated heterocycles. The SMILES string of the molecule is O=C(CCCCCOC(=O)c1ccc2c(c1)no[n+]2[O-])NO. The van der Waals surface area contributed by atoms with Crippen LogP contribution in [0.2, 0.25) is 0 Å². The second-order valence-electron chi connectivity index (χ2n) is 4.62. The van der Waals surface area contributed by atoms with Crippen LogP contribution >= 0.6 is 0 Å². The van der Waals surface area contributed by atoms with Crippen LogP contribution < -0.4 is 10.4 Å². The smallest absolute Gasteiger partial charge is 0.338 e. The Morgan fingerprint density at radius 3 is 2.95 bits per heavy atom. The number of nitrogens with zero attached hydrogens (tertiary/aromatic N) is 2. The van der Waals surface area contributed by atoms with Crippen LogP contribution in [0.4, 0.5) is 0 Å². The molecule has 0 spiro atoms. The first kappa shape index (κ1) is 15.7. The Balaban J connectivity index is 1.75. The number of unbranched alkanes of at least 4 members (excludes halogenated alkanes) is 2. The summed E-state index contributed by atoms with van der Waals surface area (Å²) in [6.45, 7) is 0.220. The molecule has 1 amide bonds. The summed E-state index contributed by atoms with van der Waals surface area (Å²) >= 11 is 0. The van der Waals surface area contributed by atoms with Crippen molar-refractivity contribution in [1.29, 1.82) is 0 Å². The lowest BCUT2D eigenvalue weighted by Gasteiger charge is -2.04. The molecule has 2 N–H and O–H groups in total. The molecule has 118 valence electrons. The largest absolute Gasteiger partial charge is 0.462 e. The van der Waals surface area contributed by atoms with Gasteiger partial charge in [-0.25, -0.2) is 10.3 Å². The summed E-state index contributed by atoms with van der Waals surface area (Å²) in [6.07, 6.45) is 2.12. The maximum Gasteiger partial charge on any atom is 0.338 e. The molecule has 0 saturated carbocycles. The highest BCUT2D eigenvalue weighted by atomic mass is 16.8. The van der Waals surface area contributed by atoms with Crippen molar-refractivity contribution in [2.75, 3.05) is 6.61 Å². The Labute approximate surface area is 124 Å². The zero-order valence-corrected chi connectivity index (χ0v) is 11.7. The molecule has 0 unspecified atom stereocenters. The van der Waals surface area contributed by atoms with Crippen LogP contribution in [0.5, 0.6) is 0 Å². The average molecular weight is 309 g/mol. The lowest BCUT2D eigenvalue weighted by Crippen LogP contribution is -2.22. The molecule has 1 aromatic carbocycles. The fraction of sp³-hybridized carbons (Fsp3) is 0.385. The highest BCUT2D eigenvalue weighted by Gasteiger charge is 2.14. The van der Waals surface area contributed by atoms with Gasteiger partial charge in [0.25, 0.3) is 0 Å². The molecular formula is C13H15N3O6. The van der Waals surface area contributed by atoms with Gasteiger partial charge in [-0.3, -0.25) is 14.6 Å². The molecule has 0 aliphatic rings. The predicted octanol–water partition coefficient (Wildman–Crippen LogP) is 0.684. The third-order valence-corrected chi connectivity index (χ3v) is 3.03. The van der Waals surface area contributed by atoms with Gasteiger partial charge in [-0.2, -0.15) is 0 Å². The monoisotopic (exact) mass is 309 g/mol. The van der Waals surface area contributed by atoms with E-state index in [9.17, 15) is 14.8 Å². The highest BCUT2D eigenvalue weighted by molar-refractivity contribution is 5.92. The van der Waals surface area contributed by atoms with Crippen molar-refractivity contribution in [3.05, 3.63) is 29.0 Å². The van der Waals surface area contributed by atoms with E-state index in [-0.39, 0.29) is 34.5 Å². The van der Waals surface area contributed by atoms with Crippen LogP contribution in [0.25, 0.3) is 11.0 Å². The second kappa shape index (κ2) is 7.36. The maximum absolute atomic E-state index is 11.8. The number of hydroxylamine groups is 1. The maximum atomic E-state index is 11.8. The first-order valence-electron chi connectivity index (χ1n) is 6.71. The molecule has 0 aliphatic heterocycles. The molecule has 0 atom stereocenters. The van der Waals surface area contributed by atoms with Crippen molar-refractivity contribution in [1.82, 2.24) is 10.6 Å². The third-order valence-electron chi connectivity index (χ3n) is 3.03. The van der Waals surface area contributed by atoms with E-state index in [2.05, 4.69) is 9.79 Å². The number of aromatic nitrogens is 2. The molecular weight excluding hydrogens is 294 g/mol. The Hall–Kier alpha value is -2.68. The molecule has 2 aromatic rings. The molecule has 2 rings (SSSR count). The minimum Gasteiger partial charge on any atom is -0.462 e. The Morgan fingerprint density at radius 2 is 2.18 bits per heavy atom. The average Bonchev–Trinajstić information content (AvgIpc) is 2.90. The number of carbonyl (C=O) groups excluding carboxylic acids is 2. The number of nitrogens with one attached hydrogen (secondary N) is 1. The molecule has 0 bridgehead atoms. The molecule has 9 nitrogen and oxygen atoms in total. The van der Waals surface area contributed by atoms with Crippen molar-refractivity contribution >= 4 is 22.9 Å². The summed E-state index contributed by atoms with van der Waals surface area (Å²) in [6, 6.07) is 4.31. The van der Waals surface area contributed by atoms with Gasteiger partial charge in [0.2, 0.25) is 16.9 Å². The first-order valence-corrected chi connectivity index (χ1v) is 6.71. The normalized spacial score (nSPS) is 10.6. The first-order chi connectivity index (χ1) is 10.6. The van der Waals surface area contributed by atoms with Gasteiger partial charge in [-0.1, -0.05) is 0 Å². The third kappa shape index (κ3) is 3.92. The number of hydrogen-bond donors (Lipinski definition) is 2. The van der Waals surface area contributed by atoms with Gasteiger partial charge in [0.05, 0.1) is 12.2 Å². The van der Waals surface area contributed by atoms with Gasteiger partial charge in [-0.05, 0) is 36.3 Å². The lowest BCUT2D eigenvalue weighted by atomic mass is 10.2. The number of esters is 1. The summed E-state index contributed by atoms with van der Waals surface area (Å²) in [4.78, 5) is 22.8. The number of fused-ring (bicyclic) bond motifs is 1. The number of benzene rings is 1. The minimum absolute atomic E-state index is 0.220. The van der Waals surface area contributed by atoms with Crippen LogP contribution in [-0.4, -0.2) is 28.8 Å². The van der Waals surface area contributed by atoms with Crippen LogP contribution in [-0.2, 0) is 9.53 Å². The van der Waals surface area contributed by atoms with Gasteiger partial charge in [0, 0.05) is 17.6 Å². The van der Waals surface area contributed by atoms with E-state index >= 15 is 0 Å². The Kier molecular flexibility index (Phi) is 5.26. The van der Waals surface area contributed by atoms with E-state index < -0.39 is 11.9 Å². The number of amides is 1. The fourth-order valence-corrected chi connectivity index (χ4v) is 1.87. The highest BCUT2D eigenvalue weighted by Crippen LogP contribution is 2.12. The van der Waals surface area contributed by atoms with Crippen LogP contribution in [0, 0.1) is 5.21 Å². The van der Waals surface area contributed by atoms with Gasteiger partial charge in [0.15, 0.2) is 0 Å². The zero-order chi connectivity index (χ0) is 15.9. The van der Waals surface area contributed by atoms with Gasteiger partial charge >= 0.3 is 5.97 Å². The number of ether oxygens (including phenoxy) is 1. The summed E-state index contributed by atoms with van der Waals surface area (Å²) < 4.78 is 9.50. The summed E-state index contributed by atoms with van der Waals surface area (Å²) in [7, 11) is 0. The molecule has 0 aliphatic carbocycles. The lowest BCUT2D eigenvalue weighted by molar-refractivity contribution is -0.782.